The molecule has 4 nitrogen and oxygen atoms in total. The van der Waals surface area contributed by atoms with Crippen LogP contribution in [0.3, 0.4) is 0 Å². The van der Waals surface area contributed by atoms with Crippen LogP contribution in [0.1, 0.15) is 0 Å². The van der Waals surface area contributed by atoms with Gasteiger partial charge in [-0.25, -0.2) is 4.98 Å². The second kappa shape index (κ2) is 4.79. The van der Waals surface area contributed by atoms with Gasteiger partial charge in [0.2, 0.25) is 0 Å². The van der Waals surface area contributed by atoms with Crippen LogP contribution in [0.15, 0.2) is 18.3 Å². The van der Waals surface area contributed by atoms with E-state index in [9.17, 15) is 0 Å². The summed E-state index contributed by atoms with van der Waals surface area (Å²) in [5.74, 6) is 0.789. The molecule has 0 amide bonds. The molecule has 1 saturated heterocycles. The molecule has 15 heavy (non-hydrogen) atoms. The SMILES string of the molecule is CO[C@H]1COC[C@@H]1Nc1ccc(Cl)cn1. The zero-order valence-electron chi connectivity index (χ0n) is 8.44. The molecule has 0 saturated carbocycles. The molecule has 0 aliphatic carbocycles. The lowest BCUT2D eigenvalue weighted by Gasteiger charge is -2.17. The number of hydrogen-bond acceptors (Lipinski definition) is 4. The first-order valence-corrected chi connectivity index (χ1v) is 5.16. The Hall–Kier alpha value is -0.840. The van der Waals surface area contributed by atoms with Gasteiger partial charge >= 0.3 is 0 Å². The molecule has 1 fully saturated rings. The fourth-order valence-corrected chi connectivity index (χ4v) is 1.66. The number of anilines is 1. The lowest BCUT2D eigenvalue weighted by molar-refractivity contribution is 0.0795. The summed E-state index contributed by atoms with van der Waals surface area (Å²) >= 11 is 5.74. The Morgan fingerprint density at radius 1 is 1.53 bits per heavy atom. The van der Waals surface area contributed by atoms with Crippen LogP contribution in [-0.4, -0.2) is 37.5 Å². The molecule has 0 unspecified atom stereocenters. The van der Waals surface area contributed by atoms with Crippen molar-refractivity contribution in [3.8, 4) is 0 Å². The summed E-state index contributed by atoms with van der Waals surface area (Å²) in [6.45, 7) is 1.27. The van der Waals surface area contributed by atoms with Crippen molar-refractivity contribution in [2.45, 2.75) is 12.1 Å². The number of nitrogens with zero attached hydrogens (tertiary/aromatic N) is 1. The number of methoxy groups -OCH3 is 1. The molecule has 1 aliphatic heterocycles. The fraction of sp³-hybridized carbons (Fsp3) is 0.500. The van der Waals surface area contributed by atoms with Crippen LogP contribution in [0.25, 0.3) is 0 Å². The van der Waals surface area contributed by atoms with E-state index in [-0.39, 0.29) is 12.1 Å². The maximum atomic E-state index is 5.74. The van der Waals surface area contributed by atoms with E-state index in [1.54, 1.807) is 19.4 Å². The van der Waals surface area contributed by atoms with Crippen LogP contribution in [0, 0.1) is 0 Å². The third-order valence-electron chi connectivity index (χ3n) is 2.39. The van der Waals surface area contributed by atoms with E-state index in [2.05, 4.69) is 10.3 Å². The van der Waals surface area contributed by atoms with Crippen LogP contribution in [-0.2, 0) is 9.47 Å². The first-order valence-electron chi connectivity index (χ1n) is 4.78. The molecule has 5 heteroatoms. The first kappa shape index (κ1) is 10.7. The minimum absolute atomic E-state index is 0.0856. The van der Waals surface area contributed by atoms with Gasteiger partial charge in [0.25, 0.3) is 0 Å². The Bertz CT molecular complexity index is 318. The maximum absolute atomic E-state index is 5.74. The summed E-state index contributed by atoms with van der Waals surface area (Å²) in [6, 6.07) is 3.80. The normalized spacial score (nSPS) is 25.5. The van der Waals surface area contributed by atoms with Gasteiger partial charge in [0.1, 0.15) is 11.9 Å². The summed E-state index contributed by atoms with van der Waals surface area (Å²) in [7, 11) is 1.68. The molecule has 82 valence electrons. The first-order chi connectivity index (χ1) is 7.29. The van der Waals surface area contributed by atoms with Crippen molar-refractivity contribution in [3.63, 3.8) is 0 Å². The highest BCUT2D eigenvalue weighted by molar-refractivity contribution is 6.30. The van der Waals surface area contributed by atoms with Gasteiger partial charge in [-0.3, -0.25) is 0 Å². The van der Waals surface area contributed by atoms with Gasteiger partial charge in [0.05, 0.1) is 24.3 Å². The van der Waals surface area contributed by atoms with Crippen molar-refractivity contribution in [2.75, 3.05) is 25.6 Å². The van der Waals surface area contributed by atoms with Crippen molar-refractivity contribution in [1.82, 2.24) is 4.98 Å². The third-order valence-corrected chi connectivity index (χ3v) is 2.62. The Morgan fingerprint density at radius 2 is 2.40 bits per heavy atom. The van der Waals surface area contributed by atoms with Crippen molar-refractivity contribution < 1.29 is 9.47 Å². The second-order valence-corrected chi connectivity index (χ2v) is 3.86. The molecule has 0 radical (unpaired) electrons. The molecule has 1 N–H and O–H groups in total. The predicted molar refractivity (Wildman–Crippen MR) is 58.3 cm³/mol. The average Bonchev–Trinajstić information content (AvgIpc) is 2.69. The zero-order valence-corrected chi connectivity index (χ0v) is 9.20. The lowest BCUT2D eigenvalue weighted by Crippen LogP contribution is -2.33. The van der Waals surface area contributed by atoms with E-state index in [0.717, 1.165) is 5.82 Å². The molecular formula is C10H13ClN2O2. The summed E-state index contributed by atoms with van der Waals surface area (Å²) in [4.78, 5) is 4.16. The summed E-state index contributed by atoms with van der Waals surface area (Å²) in [5.41, 5.74) is 0. The third kappa shape index (κ3) is 2.59. The smallest absolute Gasteiger partial charge is 0.126 e. The monoisotopic (exact) mass is 228 g/mol. The fourth-order valence-electron chi connectivity index (χ4n) is 1.55. The highest BCUT2D eigenvalue weighted by Gasteiger charge is 2.28. The quantitative estimate of drug-likeness (QED) is 0.853. The molecule has 0 spiro atoms. The predicted octanol–water partition coefficient (Wildman–Crippen LogP) is 1.56. The molecule has 1 aromatic rings. The Labute approximate surface area is 93.6 Å². The van der Waals surface area contributed by atoms with E-state index in [1.807, 2.05) is 6.07 Å². The highest BCUT2D eigenvalue weighted by Crippen LogP contribution is 2.15. The molecule has 0 bridgehead atoms. The maximum Gasteiger partial charge on any atom is 0.126 e. The molecular weight excluding hydrogens is 216 g/mol. The molecule has 0 aromatic carbocycles. The number of rotatable bonds is 3. The van der Waals surface area contributed by atoms with E-state index < -0.39 is 0 Å². The minimum atomic E-state index is 0.0856. The van der Waals surface area contributed by atoms with E-state index >= 15 is 0 Å². The molecule has 1 aliphatic rings. The summed E-state index contributed by atoms with van der Waals surface area (Å²) < 4.78 is 10.6. The zero-order chi connectivity index (χ0) is 10.7. The molecule has 2 atom stereocenters. The van der Waals surface area contributed by atoms with Crippen LogP contribution >= 0.6 is 11.6 Å². The molecule has 1 aromatic heterocycles. The van der Waals surface area contributed by atoms with Crippen LogP contribution in [0.5, 0.6) is 0 Å². The van der Waals surface area contributed by atoms with E-state index in [4.69, 9.17) is 21.1 Å². The summed E-state index contributed by atoms with van der Waals surface area (Å²) in [5, 5.41) is 3.88. The Morgan fingerprint density at radius 3 is 3.07 bits per heavy atom. The number of aromatic nitrogens is 1. The number of halogens is 1. The van der Waals surface area contributed by atoms with Gasteiger partial charge in [-0.1, -0.05) is 11.6 Å². The van der Waals surface area contributed by atoms with Crippen LogP contribution in [0.2, 0.25) is 5.02 Å². The Kier molecular flexibility index (Phi) is 3.41. The van der Waals surface area contributed by atoms with Gasteiger partial charge < -0.3 is 14.8 Å². The van der Waals surface area contributed by atoms with Crippen molar-refractivity contribution in [1.29, 1.82) is 0 Å². The van der Waals surface area contributed by atoms with Gasteiger partial charge in [-0.15, -0.1) is 0 Å². The van der Waals surface area contributed by atoms with Gasteiger partial charge in [0.15, 0.2) is 0 Å². The molecule has 2 rings (SSSR count). The van der Waals surface area contributed by atoms with Gasteiger partial charge in [0, 0.05) is 13.3 Å². The van der Waals surface area contributed by atoms with Crippen molar-refractivity contribution in [2.24, 2.45) is 0 Å². The standard InChI is InChI=1S/C10H13ClN2O2/c1-14-9-6-15-5-8(9)13-10-3-2-7(11)4-12-10/h2-4,8-9H,5-6H2,1H3,(H,12,13)/t8-,9-/m0/s1. The lowest BCUT2D eigenvalue weighted by atomic mass is 10.2. The summed E-state index contributed by atoms with van der Waals surface area (Å²) in [6.07, 6.45) is 1.70. The van der Waals surface area contributed by atoms with Gasteiger partial charge in [-0.05, 0) is 12.1 Å². The number of ether oxygens (including phenoxy) is 2. The minimum Gasteiger partial charge on any atom is -0.377 e. The number of hydrogen-bond donors (Lipinski definition) is 1. The van der Waals surface area contributed by atoms with Crippen molar-refractivity contribution >= 4 is 17.4 Å². The van der Waals surface area contributed by atoms with Crippen LogP contribution in [0.4, 0.5) is 5.82 Å². The molecule has 2 heterocycles. The largest absolute Gasteiger partial charge is 0.377 e. The van der Waals surface area contributed by atoms with Crippen molar-refractivity contribution in [3.05, 3.63) is 23.4 Å². The van der Waals surface area contributed by atoms with E-state index in [0.29, 0.717) is 18.2 Å². The van der Waals surface area contributed by atoms with Gasteiger partial charge in [-0.2, -0.15) is 0 Å². The van der Waals surface area contributed by atoms with Crippen LogP contribution < -0.4 is 5.32 Å². The van der Waals surface area contributed by atoms with E-state index in [1.165, 1.54) is 0 Å². The average molecular weight is 229 g/mol. The Balaban J connectivity index is 1.99. The number of pyridine rings is 1. The number of nitrogens with one attached hydrogen (secondary N) is 1. The second-order valence-electron chi connectivity index (χ2n) is 3.42. The highest BCUT2D eigenvalue weighted by atomic mass is 35.5. The topological polar surface area (TPSA) is 43.4 Å².